The molecule has 0 bridgehead atoms. The number of rotatable bonds is 3. The van der Waals surface area contributed by atoms with Crippen molar-refractivity contribution in [3.63, 3.8) is 0 Å². The number of hydrogen-bond donors (Lipinski definition) is 1. The Bertz CT molecular complexity index is 639. The van der Waals surface area contributed by atoms with E-state index in [4.69, 9.17) is 9.26 Å². The molecule has 1 heterocycles. The summed E-state index contributed by atoms with van der Waals surface area (Å²) in [5.74, 6) is 1.07. The molecule has 0 amide bonds. The highest BCUT2D eigenvalue weighted by Gasteiger charge is 2.24. The van der Waals surface area contributed by atoms with Gasteiger partial charge in [0.05, 0.1) is 11.9 Å². The van der Waals surface area contributed by atoms with E-state index in [0.717, 1.165) is 17.7 Å². The van der Waals surface area contributed by atoms with Gasteiger partial charge >= 0.3 is 7.60 Å². The zero-order valence-corrected chi connectivity index (χ0v) is 11.0. The quantitative estimate of drug-likeness (QED) is 0.875. The van der Waals surface area contributed by atoms with Crippen LogP contribution in [-0.2, 0) is 11.0 Å². The Balaban J connectivity index is 1.87. The zero-order valence-electron chi connectivity index (χ0n) is 10.2. The minimum absolute atomic E-state index is 0.274. The van der Waals surface area contributed by atoms with Crippen molar-refractivity contribution in [3.05, 3.63) is 54.1 Å². The average Bonchev–Trinajstić information content (AvgIpc) is 2.87. The Morgan fingerprint density at radius 2 is 1.95 bits per heavy atom. The lowest BCUT2D eigenvalue weighted by atomic mass is 10.2. The zero-order chi connectivity index (χ0) is 13.3. The Morgan fingerprint density at radius 1 is 1.16 bits per heavy atom. The van der Waals surface area contributed by atoms with Crippen LogP contribution in [0.15, 0.2) is 48.5 Å². The van der Waals surface area contributed by atoms with Crippen molar-refractivity contribution in [1.82, 2.24) is 0 Å². The molecule has 0 saturated carbocycles. The fourth-order valence-corrected chi connectivity index (χ4v) is 3.07. The van der Waals surface area contributed by atoms with Gasteiger partial charge in [-0.25, -0.2) is 4.57 Å². The molecule has 1 atom stereocenters. The molecule has 1 aliphatic rings. The molecule has 2 aromatic carbocycles. The normalized spacial score (nSPS) is 16.3. The predicted molar refractivity (Wildman–Crippen MR) is 72.2 cm³/mol. The van der Waals surface area contributed by atoms with Gasteiger partial charge < -0.3 is 14.2 Å². The van der Waals surface area contributed by atoms with Crippen LogP contribution in [0.5, 0.6) is 11.5 Å². The Labute approximate surface area is 111 Å². The van der Waals surface area contributed by atoms with Crippen molar-refractivity contribution in [1.29, 1.82) is 0 Å². The second-order valence-corrected chi connectivity index (χ2v) is 6.06. The highest BCUT2D eigenvalue weighted by molar-refractivity contribution is 7.61. The molecule has 0 aliphatic carbocycles. The van der Waals surface area contributed by atoms with E-state index in [1.54, 1.807) is 42.5 Å². The van der Waals surface area contributed by atoms with Gasteiger partial charge in [-0.3, -0.25) is 0 Å². The van der Waals surface area contributed by atoms with E-state index in [9.17, 15) is 9.46 Å². The second-order valence-electron chi connectivity index (χ2n) is 4.32. The van der Waals surface area contributed by atoms with Gasteiger partial charge in [-0.1, -0.05) is 24.3 Å². The van der Waals surface area contributed by atoms with E-state index >= 15 is 0 Å². The lowest BCUT2D eigenvalue weighted by molar-refractivity contribution is 0.354. The lowest BCUT2D eigenvalue weighted by Gasteiger charge is -2.14. The molecule has 0 saturated heterocycles. The molecule has 5 heteroatoms. The summed E-state index contributed by atoms with van der Waals surface area (Å²) < 4.78 is 22.8. The van der Waals surface area contributed by atoms with Gasteiger partial charge in [-0.2, -0.15) is 0 Å². The third-order valence-electron chi connectivity index (χ3n) is 2.98. The van der Waals surface area contributed by atoms with Gasteiger partial charge in [0.25, 0.3) is 0 Å². The first kappa shape index (κ1) is 12.3. The third-order valence-corrected chi connectivity index (χ3v) is 4.39. The largest absolute Gasteiger partial charge is 0.493 e. The van der Waals surface area contributed by atoms with Gasteiger partial charge in [0.15, 0.2) is 0 Å². The van der Waals surface area contributed by atoms with Crippen LogP contribution < -0.4 is 14.6 Å². The summed E-state index contributed by atoms with van der Waals surface area (Å²) in [5, 5.41) is 0.274. The minimum atomic E-state index is -3.85. The van der Waals surface area contributed by atoms with Crippen LogP contribution in [0.25, 0.3) is 0 Å². The van der Waals surface area contributed by atoms with E-state index in [1.165, 1.54) is 0 Å². The lowest BCUT2D eigenvalue weighted by Crippen LogP contribution is -2.08. The van der Waals surface area contributed by atoms with E-state index in [2.05, 4.69) is 0 Å². The van der Waals surface area contributed by atoms with Crippen molar-refractivity contribution in [3.8, 4) is 11.5 Å². The van der Waals surface area contributed by atoms with Crippen LogP contribution >= 0.6 is 7.60 Å². The van der Waals surface area contributed by atoms with Crippen LogP contribution in [0.1, 0.15) is 5.56 Å². The van der Waals surface area contributed by atoms with Crippen LogP contribution in [0.4, 0.5) is 0 Å². The summed E-state index contributed by atoms with van der Waals surface area (Å²) >= 11 is 0. The Hall–Kier alpha value is -1.77. The van der Waals surface area contributed by atoms with E-state index in [1.807, 2.05) is 6.07 Å². The Kier molecular flexibility index (Phi) is 3.05. The fraction of sp³-hybridized carbons (Fsp3) is 0.143. The van der Waals surface area contributed by atoms with Crippen molar-refractivity contribution < 1.29 is 18.7 Å². The topological polar surface area (TPSA) is 55.8 Å². The van der Waals surface area contributed by atoms with Gasteiger partial charge in [-0.15, -0.1) is 0 Å². The first-order valence-electron chi connectivity index (χ1n) is 5.99. The standard InChI is InChI=1S/C14H13O4P/c15-19(16,13-4-2-1-3-5-13)18-12-7-6-11-8-9-17-14(11)10-12/h1-7,10H,8-9H2,(H,15,16). The summed E-state index contributed by atoms with van der Waals surface area (Å²) in [7, 11) is -3.85. The molecule has 0 radical (unpaired) electrons. The van der Waals surface area contributed by atoms with Crippen LogP contribution in [0.2, 0.25) is 0 Å². The maximum absolute atomic E-state index is 12.2. The summed E-state index contributed by atoms with van der Waals surface area (Å²) in [6, 6.07) is 13.6. The highest BCUT2D eigenvalue weighted by atomic mass is 31.2. The molecule has 2 aromatic rings. The first-order chi connectivity index (χ1) is 9.15. The predicted octanol–water partition coefficient (Wildman–Crippen LogP) is 2.51. The average molecular weight is 276 g/mol. The molecular weight excluding hydrogens is 263 g/mol. The number of hydrogen-bond acceptors (Lipinski definition) is 3. The van der Waals surface area contributed by atoms with Crippen molar-refractivity contribution in [2.75, 3.05) is 6.61 Å². The summed E-state index contributed by atoms with van der Waals surface area (Å²) in [6.07, 6.45) is 0.866. The molecule has 1 N–H and O–H groups in total. The monoisotopic (exact) mass is 276 g/mol. The number of ether oxygens (including phenoxy) is 1. The minimum Gasteiger partial charge on any atom is -0.493 e. The van der Waals surface area contributed by atoms with Gasteiger partial charge in [0.2, 0.25) is 0 Å². The maximum atomic E-state index is 12.2. The molecule has 0 fully saturated rings. The fourth-order valence-electron chi connectivity index (χ4n) is 2.02. The van der Waals surface area contributed by atoms with Gasteiger partial charge in [-0.05, 0) is 23.8 Å². The third kappa shape index (κ3) is 2.50. The summed E-state index contributed by atoms with van der Waals surface area (Å²) in [5.41, 5.74) is 1.10. The summed E-state index contributed by atoms with van der Waals surface area (Å²) in [6.45, 7) is 0.647. The van der Waals surface area contributed by atoms with Crippen molar-refractivity contribution in [2.45, 2.75) is 6.42 Å². The van der Waals surface area contributed by atoms with Gasteiger partial charge in [0.1, 0.15) is 11.5 Å². The van der Waals surface area contributed by atoms with Crippen molar-refractivity contribution in [2.24, 2.45) is 0 Å². The molecule has 19 heavy (non-hydrogen) atoms. The molecule has 0 aromatic heterocycles. The first-order valence-corrected chi connectivity index (χ1v) is 7.57. The van der Waals surface area contributed by atoms with E-state index in [0.29, 0.717) is 12.4 Å². The molecular formula is C14H13O4P. The Morgan fingerprint density at radius 3 is 2.74 bits per heavy atom. The molecule has 3 rings (SSSR count). The molecule has 1 aliphatic heterocycles. The van der Waals surface area contributed by atoms with E-state index < -0.39 is 7.60 Å². The highest BCUT2D eigenvalue weighted by Crippen LogP contribution is 2.43. The van der Waals surface area contributed by atoms with Crippen molar-refractivity contribution >= 4 is 12.9 Å². The van der Waals surface area contributed by atoms with E-state index in [-0.39, 0.29) is 5.30 Å². The number of benzene rings is 2. The van der Waals surface area contributed by atoms with Crippen LogP contribution in [0.3, 0.4) is 0 Å². The second kappa shape index (κ2) is 4.72. The molecule has 98 valence electrons. The smallest absolute Gasteiger partial charge is 0.408 e. The summed E-state index contributed by atoms with van der Waals surface area (Å²) in [4.78, 5) is 9.98. The van der Waals surface area contributed by atoms with Crippen LogP contribution in [-0.4, -0.2) is 11.5 Å². The van der Waals surface area contributed by atoms with Gasteiger partial charge in [0, 0.05) is 12.5 Å². The maximum Gasteiger partial charge on any atom is 0.408 e. The SMILES string of the molecule is O=P(O)(Oc1ccc2c(c1)OCC2)c1ccccc1. The molecule has 4 nitrogen and oxygen atoms in total. The number of fused-ring (bicyclic) bond motifs is 1. The molecule has 0 spiro atoms. The van der Waals surface area contributed by atoms with Crippen LogP contribution in [0, 0.1) is 0 Å². The molecule has 1 unspecified atom stereocenters.